The van der Waals surface area contributed by atoms with Gasteiger partial charge >= 0.3 is 5.97 Å². The predicted molar refractivity (Wildman–Crippen MR) is 69.9 cm³/mol. The number of carbonyl (C=O) groups is 2. The van der Waals surface area contributed by atoms with Gasteiger partial charge in [-0.25, -0.2) is 9.78 Å². The van der Waals surface area contributed by atoms with Crippen molar-refractivity contribution in [1.82, 2.24) is 9.88 Å². The highest BCUT2D eigenvalue weighted by Crippen LogP contribution is 2.22. The highest BCUT2D eigenvalue weighted by Gasteiger charge is 2.34. The maximum Gasteiger partial charge on any atom is 0.328 e. The summed E-state index contributed by atoms with van der Waals surface area (Å²) in [6.45, 7) is 0.532. The molecule has 5 nitrogen and oxygen atoms in total. The lowest BCUT2D eigenvalue weighted by Crippen LogP contribution is -2.48. The fourth-order valence-electron chi connectivity index (χ4n) is 2.26. The van der Waals surface area contributed by atoms with E-state index in [-0.39, 0.29) is 17.0 Å². The Morgan fingerprint density at radius 2 is 2.26 bits per heavy atom. The zero-order valence-electron chi connectivity index (χ0n) is 10.6. The number of hydrogen-bond acceptors (Lipinski definition) is 4. The molecule has 102 valence electrons. The Kier molecular flexibility index (Phi) is 4.37. The number of likely N-dealkylation sites (tertiary alicyclic amines) is 1. The van der Waals surface area contributed by atoms with Crippen molar-refractivity contribution in [3.8, 4) is 0 Å². The van der Waals surface area contributed by atoms with E-state index in [1.165, 1.54) is 18.2 Å². The summed E-state index contributed by atoms with van der Waals surface area (Å²) in [5.41, 5.74) is 0.319. The molecule has 0 aromatic carbocycles. The smallest absolute Gasteiger partial charge is 0.328 e. The van der Waals surface area contributed by atoms with Crippen LogP contribution in [0.3, 0.4) is 0 Å². The first-order chi connectivity index (χ1) is 9.15. The Balaban J connectivity index is 2.25. The van der Waals surface area contributed by atoms with Gasteiger partial charge in [0.05, 0.1) is 12.7 Å². The molecule has 0 N–H and O–H groups in total. The van der Waals surface area contributed by atoms with E-state index in [4.69, 9.17) is 16.3 Å². The quantitative estimate of drug-likeness (QED) is 0.614. The molecule has 0 bridgehead atoms. The molecule has 0 aliphatic carbocycles. The Morgan fingerprint density at radius 1 is 1.47 bits per heavy atom. The third-order valence-corrected chi connectivity index (χ3v) is 3.53. The summed E-state index contributed by atoms with van der Waals surface area (Å²) in [6.07, 6.45) is 3.92. The largest absolute Gasteiger partial charge is 0.467 e. The van der Waals surface area contributed by atoms with E-state index in [9.17, 15) is 9.59 Å². The molecular weight excluding hydrogens is 268 g/mol. The molecule has 19 heavy (non-hydrogen) atoms. The normalized spacial score (nSPS) is 19.1. The van der Waals surface area contributed by atoms with Gasteiger partial charge in [-0.1, -0.05) is 11.6 Å². The molecule has 1 aromatic heterocycles. The summed E-state index contributed by atoms with van der Waals surface area (Å²) in [4.78, 5) is 29.6. The van der Waals surface area contributed by atoms with Gasteiger partial charge in [0.25, 0.3) is 5.91 Å². The highest BCUT2D eigenvalue weighted by atomic mass is 35.5. The number of methoxy groups -OCH3 is 1. The Morgan fingerprint density at radius 3 is 2.95 bits per heavy atom. The standard InChI is InChI=1S/C13H15ClN2O3/c1-19-13(18)10-6-2-3-8-16(10)12(17)9-5-4-7-15-11(9)14/h4-5,7,10H,2-3,6,8H2,1H3. The first-order valence-corrected chi connectivity index (χ1v) is 6.52. The SMILES string of the molecule is COC(=O)C1CCCCN1C(=O)c1cccnc1Cl. The lowest BCUT2D eigenvalue weighted by molar-refractivity contribution is -0.147. The van der Waals surface area contributed by atoms with Crippen LogP contribution in [0.2, 0.25) is 5.15 Å². The fourth-order valence-corrected chi connectivity index (χ4v) is 2.46. The minimum absolute atomic E-state index is 0.154. The second-order valence-electron chi connectivity index (χ2n) is 4.38. The Bertz CT molecular complexity index is 493. The Hall–Kier alpha value is -1.62. The number of hydrogen-bond donors (Lipinski definition) is 0. The molecule has 1 atom stereocenters. The number of halogens is 1. The summed E-state index contributed by atoms with van der Waals surface area (Å²) >= 11 is 5.92. The van der Waals surface area contributed by atoms with Gasteiger partial charge in [-0.05, 0) is 31.4 Å². The fraction of sp³-hybridized carbons (Fsp3) is 0.462. The number of esters is 1. The number of aromatic nitrogens is 1. The van der Waals surface area contributed by atoms with Crippen molar-refractivity contribution >= 4 is 23.5 Å². The van der Waals surface area contributed by atoms with Crippen molar-refractivity contribution in [1.29, 1.82) is 0 Å². The van der Waals surface area contributed by atoms with Crippen molar-refractivity contribution in [3.05, 3.63) is 29.0 Å². The molecule has 1 saturated heterocycles. The molecule has 6 heteroatoms. The van der Waals surface area contributed by atoms with Crippen LogP contribution in [0, 0.1) is 0 Å². The molecule has 2 heterocycles. The van der Waals surface area contributed by atoms with Crippen molar-refractivity contribution in [2.75, 3.05) is 13.7 Å². The van der Waals surface area contributed by atoms with Crippen LogP contribution < -0.4 is 0 Å². The molecule has 0 saturated carbocycles. The minimum atomic E-state index is -0.525. The average Bonchev–Trinajstić information content (AvgIpc) is 2.46. The van der Waals surface area contributed by atoms with Gasteiger partial charge in [-0.15, -0.1) is 0 Å². The van der Waals surface area contributed by atoms with Crippen LogP contribution in [0.15, 0.2) is 18.3 Å². The van der Waals surface area contributed by atoms with Crippen LogP contribution in [-0.4, -0.2) is 41.5 Å². The number of piperidine rings is 1. The third-order valence-electron chi connectivity index (χ3n) is 3.23. The van der Waals surface area contributed by atoms with Crippen molar-refractivity contribution in [3.63, 3.8) is 0 Å². The maximum atomic E-state index is 12.4. The van der Waals surface area contributed by atoms with Crippen LogP contribution in [0.5, 0.6) is 0 Å². The first kappa shape index (κ1) is 13.8. The first-order valence-electron chi connectivity index (χ1n) is 6.14. The molecule has 0 spiro atoms. The average molecular weight is 283 g/mol. The Labute approximate surface area is 116 Å². The minimum Gasteiger partial charge on any atom is -0.467 e. The molecular formula is C13H15ClN2O3. The van der Waals surface area contributed by atoms with Gasteiger partial charge in [-0.3, -0.25) is 4.79 Å². The number of ether oxygens (including phenoxy) is 1. The maximum absolute atomic E-state index is 12.4. The monoisotopic (exact) mass is 282 g/mol. The third kappa shape index (κ3) is 2.87. The van der Waals surface area contributed by atoms with Gasteiger partial charge in [0, 0.05) is 12.7 Å². The van der Waals surface area contributed by atoms with Gasteiger partial charge in [0.2, 0.25) is 0 Å². The van der Waals surface area contributed by atoms with Gasteiger partial charge in [0.1, 0.15) is 11.2 Å². The van der Waals surface area contributed by atoms with Crippen LogP contribution in [0.1, 0.15) is 29.6 Å². The van der Waals surface area contributed by atoms with E-state index >= 15 is 0 Å². The molecule has 2 rings (SSSR count). The zero-order chi connectivity index (χ0) is 13.8. The van der Waals surface area contributed by atoms with Crippen LogP contribution in [0.25, 0.3) is 0 Å². The zero-order valence-corrected chi connectivity index (χ0v) is 11.4. The van der Waals surface area contributed by atoms with Gasteiger partial charge < -0.3 is 9.64 Å². The second kappa shape index (κ2) is 6.02. The molecule has 0 radical (unpaired) electrons. The van der Waals surface area contributed by atoms with Crippen LogP contribution in [-0.2, 0) is 9.53 Å². The summed E-state index contributed by atoms with van der Waals surface area (Å²) in [7, 11) is 1.33. The summed E-state index contributed by atoms with van der Waals surface area (Å²) in [5.74, 6) is -0.652. The van der Waals surface area contributed by atoms with Crippen molar-refractivity contribution in [2.45, 2.75) is 25.3 Å². The second-order valence-corrected chi connectivity index (χ2v) is 4.73. The van der Waals surface area contributed by atoms with E-state index in [2.05, 4.69) is 4.98 Å². The van der Waals surface area contributed by atoms with Crippen LogP contribution >= 0.6 is 11.6 Å². The van der Waals surface area contributed by atoms with E-state index in [0.29, 0.717) is 18.5 Å². The summed E-state index contributed by atoms with van der Waals surface area (Å²) in [6, 6.07) is 2.74. The van der Waals surface area contributed by atoms with E-state index in [1.807, 2.05) is 0 Å². The van der Waals surface area contributed by atoms with E-state index in [0.717, 1.165) is 12.8 Å². The van der Waals surface area contributed by atoms with E-state index < -0.39 is 6.04 Å². The molecule has 1 aliphatic heterocycles. The molecule has 1 aliphatic rings. The number of rotatable bonds is 2. The highest BCUT2D eigenvalue weighted by molar-refractivity contribution is 6.32. The van der Waals surface area contributed by atoms with E-state index in [1.54, 1.807) is 12.1 Å². The lowest BCUT2D eigenvalue weighted by atomic mass is 10.0. The molecule has 1 fully saturated rings. The summed E-state index contributed by atoms with van der Waals surface area (Å²) < 4.78 is 4.75. The number of amides is 1. The number of nitrogens with zero attached hydrogens (tertiary/aromatic N) is 2. The van der Waals surface area contributed by atoms with Crippen LogP contribution in [0.4, 0.5) is 0 Å². The summed E-state index contributed by atoms with van der Waals surface area (Å²) in [5, 5.41) is 0.154. The predicted octanol–water partition coefficient (Wildman–Crippen LogP) is 1.90. The molecule has 1 aromatic rings. The lowest BCUT2D eigenvalue weighted by Gasteiger charge is -2.33. The van der Waals surface area contributed by atoms with Crippen molar-refractivity contribution < 1.29 is 14.3 Å². The van der Waals surface area contributed by atoms with Gasteiger partial charge in [-0.2, -0.15) is 0 Å². The topological polar surface area (TPSA) is 59.5 Å². The molecule has 1 unspecified atom stereocenters. The molecule has 1 amide bonds. The number of pyridine rings is 1. The van der Waals surface area contributed by atoms with Crippen molar-refractivity contribution in [2.24, 2.45) is 0 Å². The van der Waals surface area contributed by atoms with Gasteiger partial charge in [0.15, 0.2) is 0 Å². The number of carbonyl (C=O) groups excluding carboxylic acids is 2.